The molecule has 1 unspecified atom stereocenters. The zero-order valence-corrected chi connectivity index (χ0v) is 9.79. The van der Waals surface area contributed by atoms with E-state index >= 15 is 0 Å². The quantitative estimate of drug-likeness (QED) is 0.525. The minimum atomic E-state index is -0.0375. The normalized spacial score (nSPS) is 11.9. The Hall–Kier alpha value is -1.55. The van der Waals surface area contributed by atoms with Crippen molar-refractivity contribution in [3.63, 3.8) is 0 Å². The van der Waals surface area contributed by atoms with E-state index in [0.717, 1.165) is 18.5 Å². The summed E-state index contributed by atoms with van der Waals surface area (Å²) in [5, 5.41) is 2.94. The SMILES string of the molecule is CCCC(C)NC(=O)c1ccc(NN)cc1. The van der Waals surface area contributed by atoms with Crippen molar-refractivity contribution in [3.05, 3.63) is 29.8 Å². The number of nitrogen functional groups attached to an aromatic ring is 1. The Morgan fingerprint density at radius 3 is 2.50 bits per heavy atom. The summed E-state index contributed by atoms with van der Waals surface area (Å²) in [5.74, 6) is 5.21. The molecule has 0 saturated carbocycles. The zero-order valence-electron chi connectivity index (χ0n) is 9.79. The number of hydrazine groups is 1. The minimum Gasteiger partial charge on any atom is -0.350 e. The van der Waals surface area contributed by atoms with Gasteiger partial charge in [0.15, 0.2) is 0 Å². The van der Waals surface area contributed by atoms with Crippen LogP contribution in [0, 0.1) is 0 Å². The van der Waals surface area contributed by atoms with Crippen molar-refractivity contribution in [2.75, 3.05) is 5.43 Å². The molecule has 1 atom stereocenters. The highest BCUT2D eigenvalue weighted by Gasteiger charge is 2.08. The van der Waals surface area contributed by atoms with Crippen LogP contribution in [0.1, 0.15) is 37.0 Å². The van der Waals surface area contributed by atoms with Crippen molar-refractivity contribution in [2.45, 2.75) is 32.7 Å². The van der Waals surface area contributed by atoms with Gasteiger partial charge in [0.1, 0.15) is 0 Å². The van der Waals surface area contributed by atoms with E-state index in [9.17, 15) is 4.79 Å². The largest absolute Gasteiger partial charge is 0.350 e. The molecular formula is C12H19N3O. The molecule has 1 amide bonds. The molecule has 1 aromatic carbocycles. The van der Waals surface area contributed by atoms with Gasteiger partial charge in [0.25, 0.3) is 5.91 Å². The second-order valence-electron chi connectivity index (χ2n) is 3.88. The molecule has 0 aliphatic rings. The van der Waals surface area contributed by atoms with Gasteiger partial charge < -0.3 is 10.7 Å². The van der Waals surface area contributed by atoms with E-state index in [2.05, 4.69) is 17.7 Å². The lowest BCUT2D eigenvalue weighted by molar-refractivity contribution is 0.0938. The Morgan fingerprint density at radius 1 is 1.38 bits per heavy atom. The van der Waals surface area contributed by atoms with E-state index in [0.29, 0.717) is 5.56 Å². The molecule has 0 heterocycles. The number of anilines is 1. The van der Waals surface area contributed by atoms with Crippen molar-refractivity contribution >= 4 is 11.6 Å². The van der Waals surface area contributed by atoms with E-state index in [1.807, 2.05) is 6.92 Å². The first-order valence-electron chi connectivity index (χ1n) is 5.55. The number of carbonyl (C=O) groups excluding carboxylic acids is 1. The summed E-state index contributed by atoms with van der Waals surface area (Å²) >= 11 is 0. The van der Waals surface area contributed by atoms with Crippen LogP contribution in [0.15, 0.2) is 24.3 Å². The molecule has 1 rings (SSSR count). The van der Waals surface area contributed by atoms with E-state index in [-0.39, 0.29) is 11.9 Å². The summed E-state index contributed by atoms with van der Waals surface area (Å²) in [7, 11) is 0. The number of rotatable bonds is 5. The third kappa shape index (κ3) is 3.55. The van der Waals surface area contributed by atoms with Crippen LogP contribution in [0.2, 0.25) is 0 Å². The number of hydrogen-bond donors (Lipinski definition) is 3. The first-order chi connectivity index (χ1) is 7.67. The van der Waals surface area contributed by atoms with Crippen molar-refractivity contribution in [1.82, 2.24) is 5.32 Å². The topological polar surface area (TPSA) is 67.2 Å². The maximum Gasteiger partial charge on any atom is 0.251 e. The van der Waals surface area contributed by atoms with Crippen LogP contribution in [0.4, 0.5) is 5.69 Å². The van der Waals surface area contributed by atoms with Crippen molar-refractivity contribution in [3.8, 4) is 0 Å². The predicted molar refractivity (Wildman–Crippen MR) is 66.1 cm³/mol. The molecule has 88 valence electrons. The van der Waals surface area contributed by atoms with Crippen LogP contribution in [0.25, 0.3) is 0 Å². The fourth-order valence-corrected chi connectivity index (χ4v) is 1.53. The molecule has 0 radical (unpaired) electrons. The third-order valence-electron chi connectivity index (χ3n) is 2.41. The summed E-state index contributed by atoms with van der Waals surface area (Å²) < 4.78 is 0. The van der Waals surface area contributed by atoms with Crippen LogP contribution < -0.4 is 16.6 Å². The van der Waals surface area contributed by atoms with E-state index in [4.69, 9.17) is 5.84 Å². The summed E-state index contributed by atoms with van der Waals surface area (Å²) in [5.41, 5.74) is 3.97. The number of nitrogens with one attached hydrogen (secondary N) is 2. The van der Waals surface area contributed by atoms with E-state index in [1.165, 1.54) is 0 Å². The molecular weight excluding hydrogens is 202 g/mol. The highest BCUT2D eigenvalue weighted by Crippen LogP contribution is 2.08. The van der Waals surface area contributed by atoms with Crippen LogP contribution in [0.3, 0.4) is 0 Å². The molecule has 0 fully saturated rings. The maximum absolute atomic E-state index is 11.8. The van der Waals surface area contributed by atoms with Gasteiger partial charge in [-0.2, -0.15) is 0 Å². The van der Waals surface area contributed by atoms with Gasteiger partial charge in [0.2, 0.25) is 0 Å². The molecule has 0 saturated heterocycles. The summed E-state index contributed by atoms with van der Waals surface area (Å²) in [6.45, 7) is 4.11. The van der Waals surface area contributed by atoms with Crippen molar-refractivity contribution in [2.24, 2.45) is 5.84 Å². The number of benzene rings is 1. The highest BCUT2D eigenvalue weighted by molar-refractivity contribution is 5.94. The number of nitrogens with two attached hydrogens (primary N) is 1. The maximum atomic E-state index is 11.8. The van der Waals surface area contributed by atoms with Gasteiger partial charge >= 0.3 is 0 Å². The minimum absolute atomic E-state index is 0.0375. The first-order valence-corrected chi connectivity index (χ1v) is 5.55. The van der Waals surface area contributed by atoms with Crippen LogP contribution in [-0.2, 0) is 0 Å². The Kier molecular flexibility index (Phi) is 4.79. The lowest BCUT2D eigenvalue weighted by Gasteiger charge is -2.12. The molecule has 16 heavy (non-hydrogen) atoms. The molecule has 0 aliphatic carbocycles. The number of amides is 1. The van der Waals surface area contributed by atoms with Crippen LogP contribution in [-0.4, -0.2) is 11.9 Å². The molecule has 4 N–H and O–H groups in total. The molecule has 0 spiro atoms. The Balaban J connectivity index is 2.59. The smallest absolute Gasteiger partial charge is 0.251 e. The van der Waals surface area contributed by atoms with Gasteiger partial charge in [0, 0.05) is 17.3 Å². The van der Waals surface area contributed by atoms with Gasteiger partial charge in [-0.25, -0.2) is 0 Å². The second kappa shape index (κ2) is 6.12. The molecule has 1 aromatic rings. The molecule has 4 heteroatoms. The van der Waals surface area contributed by atoms with Gasteiger partial charge in [0.05, 0.1) is 0 Å². The Labute approximate surface area is 96.2 Å². The number of hydrogen-bond acceptors (Lipinski definition) is 3. The third-order valence-corrected chi connectivity index (χ3v) is 2.41. The highest BCUT2D eigenvalue weighted by atomic mass is 16.1. The molecule has 4 nitrogen and oxygen atoms in total. The lowest BCUT2D eigenvalue weighted by Crippen LogP contribution is -2.32. The Bertz CT molecular complexity index is 335. The van der Waals surface area contributed by atoms with Crippen LogP contribution >= 0.6 is 0 Å². The van der Waals surface area contributed by atoms with E-state index < -0.39 is 0 Å². The lowest BCUT2D eigenvalue weighted by atomic mass is 10.1. The monoisotopic (exact) mass is 221 g/mol. The van der Waals surface area contributed by atoms with Gasteiger partial charge in [-0.15, -0.1) is 0 Å². The standard InChI is InChI=1S/C12H19N3O/c1-3-4-9(2)14-12(16)10-5-7-11(15-13)8-6-10/h5-9,15H,3-4,13H2,1-2H3,(H,14,16). The zero-order chi connectivity index (χ0) is 12.0. The average Bonchev–Trinajstić information content (AvgIpc) is 2.29. The van der Waals surface area contributed by atoms with Gasteiger partial charge in [-0.3, -0.25) is 10.6 Å². The molecule has 0 aromatic heterocycles. The van der Waals surface area contributed by atoms with E-state index in [1.54, 1.807) is 24.3 Å². The molecule has 0 bridgehead atoms. The average molecular weight is 221 g/mol. The van der Waals surface area contributed by atoms with Crippen LogP contribution in [0.5, 0.6) is 0 Å². The predicted octanol–water partition coefficient (Wildman–Crippen LogP) is 1.89. The second-order valence-corrected chi connectivity index (χ2v) is 3.88. The van der Waals surface area contributed by atoms with Crippen molar-refractivity contribution in [1.29, 1.82) is 0 Å². The molecule has 0 aliphatic heterocycles. The fourth-order valence-electron chi connectivity index (χ4n) is 1.53. The first kappa shape index (κ1) is 12.5. The fraction of sp³-hybridized carbons (Fsp3) is 0.417. The summed E-state index contributed by atoms with van der Waals surface area (Å²) in [6, 6.07) is 7.27. The van der Waals surface area contributed by atoms with Crippen molar-refractivity contribution < 1.29 is 4.79 Å². The Morgan fingerprint density at radius 2 is 2.00 bits per heavy atom. The summed E-state index contributed by atoms with van der Waals surface area (Å²) in [4.78, 5) is 11.8. The number of carbonyl (C=O) groups is 1. The van der Waals surface area contributed by atoms with Gasteiger partial charge in [-0.05, 0) is 37.6 Å². The van der Waals surface area contributed by atoms with Gasteiger partial charge in [-0.1, -0.05) is 13.3 Å². The summed E-state index contributed by atoms with van der Waals surface area (Å²) in [6.07, 6.45) is 2.06.